The van der Waals surface area contributed by atoms with Gasteiger partial charge < -0.3 is 10.2 Å². The molecule has 18 heavy (non-hydrogen) atoms. The van der Waals surface area contributed by atoms with Crippen LogP contribution in [0, 0.1) is 5.92 Å². The Kier molecular flexibility index (Phi) is 4.52. The summed E-state index contributed by atoms with van der Waals surface area (Å²) < 4.78 is 0. The van der Waals surface area contributed by atoms with Crippen molar-refractivity contribution in [2.75, 3.05) is 25.5 Å². The molecule has 0 amide bonds. The first-order valence-corrected chi connectivity index (χ1v) is 6.86. The number of hydrogen-bond acceptors (Lipinski definition) is 2. The second-order valence-electron chi connectivity index (χ2n) is 5.62. The Labute approximate surface area is 116 Å². The summed E-state index contributed by atoms with van der Waals surface area (Å²) in [4.78, 5) is 2.49. The molecular weight excluding hydrogens is 244 g/mol. The van der Waals surface area contributed by atoms with Crippen LogP contribution in [0.4, 0.5) is 5.69 Å². The molecule has 1 aromatic rings. The Morgan fingerprint density at radius 3 is 2.89 bits per heavy atom. The number of hydrogen-bond donors (Lipinski definition) is 1. The summed E-state index contributed by atoms with van der Waals surface area (Å²) in [6, 6.07) is 6.73. The van der Waals surface area contributed by atoms with Crippen LogP contribution in [0.15, 0.2) is 18.2 Å². The van der Waals surface area contributed by atoms with Crippen molar-refractivity contribution in [3.8, 4) is 0 Å². The minimum atomic E-state index is 0. The standard InChI is InChI=1S/C15H22N2.ClH/c1-17(10-12-4-2-5-12)11-14-7-3-6-13-8-9-16-15(13)14;/h3,6-7,12,16H,2,4-5,8-11H2,1H3;1H. The first kappa shape index (κ1) is 13.7. The van der Waals surface area contributed by atoms with Gasteiger partial charge in [0.25, 0.3) is 0 Å². The number of halogens is 1. The van der Waals surface area contributed by atoms with E-state index in [1.54, 1.807) is 0 Å². The topological polar surface area (TPSA) is 15.3 Å². The molecule has 0 radical (unpaired) electrons. The van der Waals surface area contributed by atoms with Crippen molar-refractivity contribution in [2.45, 2.75) is 32.2 Å². The maximum atomic E-state index is 3.53. The summed E-state index contributed by atoms with van der Waals surface area (Å²) in [5.41, 5.74) is 4.38. The maximum Gasteiger partial charge on any atom is 0.0419 e. The predicted octanol–water partition coefficient (Wildman–Crippen LogP) is 3.31. The first-order chi connectivity index (χ1) is 8.33. The molecular formula is C15H23ClN2. The number of anilines is 1. The number of rotatable bonds is 4. The van der Waals surface area contributed by atoms with E-state index < -0.39 is 0 Å². The van der Waals surface area contributed by atoms with Crippen molar-refractivity contribution in [3.05, 3.63) is 29.3 Å². The van der Waals surface area contributed by atoms with Gasteiger partial charge in [0.2, 0.25) is 0 Å². The summed E-state index contributed by atoms with van der Waals surface area (Å²) in [6.45, 7) is 3.47. The molecule has 1 saturated carbocycles. The average molecular weight is 267 g/mol. The van der Waals surface area contributed by atoms with Crippen LogP contribution < -0.4 is 5.32 Å². The van der Waals surface area contributed by atoms with Crippen molar-refractivity contribution in [3.63, 3.8) is 0 Å². The molecule has 1 fully saturated rings. The van der Waals surface area contributed by atoms with E-state index in [-0.39, 0.29) is 12.4 Å². The Morgan fingerprint density at radius 2 is 2.17 bits per heavy atom. The van der Waals surface area contributed by atoms with Crippen LogP contribution in [0.3, 0.4) is 0 Å². The third-order valence-electron chi connectivity index (χ3n) is 4.17. The van der Waals surface area contributed by atoms with Crippen molar-refractivity contribution < 1.29 is 0 Å². The lowest BCUT2D eigenvalue weighted by atomic mass is 9.85. The number of benzene rings is 1. The van der Waals surface area contributed by atoms with E-state index in [0.717, 1.165) is 19.0 Å². The van der Waals surface area contributed by atoms with Crippen LogP contribution in [-0.4, -0.2) is 25.0 Å². The molecule has 0 bridgehead atoms. The third-order valence-corrected chi connectivity index (χ3v) is 4.17. The van der Waals surface area contributed by atoms with E-state index in [4.69, 9.17) is 0 Å². The first-order valence-electron chi connectivity index (χ1n) is 6.86. The average Bonchev–Trinajstić information content (AvgIpc) is 2.73. The number of nitrogens with one attached hydrogen (secondary N) is 1. The predicted molar refractivity (Wildman–Crippen MR) is 79.6 cm³/mol. The van der Waals surface area contributed by atoms with Gasteiger partial charge in [0.15, 0.2) is 0 Å². The Hall–Kier alpha value is -0.730. The molecule has 2 nitrogen and oxygen atoms in total. The van der Waals surface area contributed by atoms with E-state index in [1.165, 1.54) is 49.0 Å². The summed E-state index contributed by atoms with van der Waals surface area (Å²) in [7, 11) is 2.26. The molecule has 2 aliphatic rings. The molecule has 0 aromatic heterocycles. The van der Waals surface area contributed by atoms with Crippen LogP contribution in [0.2, 0.25) is 0 Å². The van der Waals surface area contributed by atoms with Crippen molar-refractivity contribution in [1.29, 1.82) is 0 Å². The summed E-state index contributed by atoms with van der Waals surface area (Å²) in [6.07, 6.45) is 5.52. The van der Waals surface area contributed by atoms with E-state index in [9.17, 15) is 0 Å². The Bertz CT molecular complexity index is 401. The zero-order valence-electron chi connectivity index (χ0n) is 11.1. The highest BCUT2D eigenvalue weighted by Gasteiger charge is 2.20. The summed E-state index contributed by atoms with van der Waals surface area (Å²) in [5.74, 6) is 0.963. The van der Waals surface area contributed by atoms with E-state index in [1.807, 2.05) is 0 Å². The molecule has 0 spiro atoms. The van der Waals surface area contributed by atoms with Gasteiger partial charge in [0.05, 0.1) is 0 Å². The SMILES string of the molecule is CN(Cc1cccc2c1NCC2)CC1CCC1.Cl. The number of nitrogens with zero attached hydrogens (tertiary/aromatic N) is 1. The third kappa shape index (κ3) is 2.81. The van der Waals surface area contributed by atoms with Gasteiger partial charge in [-0.05, 0) is 43.4 Å². The molecule has 0 saturated heterocycles. The fraction of sp³-hybridized carbons (Fsp3) is 0.600. The van der Waals surface area contributed by atoms with Crippen LogP contribution in [-0.2, 0) is 13.0 Å². The lowest BCUT2D eigenvalue weighted by Gasteiger charge is -2.30. The molecule has 1 N–H and O–H groups in total. The maximum absolute atomic E-state index is 3.53. The van der Waals surface area contributed by atoms with Crippen LogP contribution >= 0.6 is 12.4 Å². The van der Waals surface area contributed by atoms with Crippen molar-refractivity contribution in [1.82, 2.24) is 4.90 Å². The minimum Gasteiger partial charge on any atom is -0.384 e. The van der Waals surface area contributed by atoms with Crippen molar-refractivity contribution >= 4 is 18.1 Å². The number of fused-ring (bicyclic) bond motifs is 1. The second-order valence-corrected chi connectivity index (χ2v) is 5.62. The highest BCUT2D eigenvalue weighted by atomic mass is 35.5. The minimum absolute atomic E-state index is 0. The fourth-order valence-electron chi connectivity index (χ4n) is 3.01. The fourth-order valence-corrected chi connectivity index (χ4v) is 3.01. The summed E-state index contributed by atoms with van der Waals surface area (Å²) in [5, 5.41) is 3.53. The monoisotopic (exact) mass is 266 g/mol. The Balaban J connectivity index is 0.00000120. The largest absolute Gasteiger partial charge is 0.384 e. The van der Waals surface area contributed by atoms with Crippen molar-refractivity contribution in [2.24, 2.45) is 5.92 Å². The quantitative estimate of drug-likeness (QED) is 0.900. The number of para-hydroxylation sites is 1. The van der Waals surface area contributed by atoms with E-state index in [2.05, 4.69) is 35.5 Å². The lowest BCUT2D eigenvalue weighted by Crippen LogP contribution is -2.29. The molecule has 1 aliphatic heterocycles. The zero-order chi connectivity index (χ0) is 11.7. The molecule has 3 heteroatoms. The van der Waals surface area contributed by atoms with Gasteiger partial charge in [-0.1, -0.05) is 24.6 Å². The molecule has 1 aliphatic carbocycles. The normalized spacial score (nSPS) is 17.9. The molecule has 3 rings (SSSR count). The van der Waals surface area contributed by atoms with Crippen LogP contribution in [0.25, 0.3) is 0 Å². The molecule has 0 unspecified atom stereocenters. The Morgan fingerprint density at radius 1 is 1.33 bits per heavy atom. The van der Waals surface area contributed by atoms with Crippen LogP contribution in [0.1, 0.15) is 30.4 Å². The molecule has 100 valence electrons. The molecule has 1 heterocycles. The summed E-state index contributed by atoms with van der Waals surface area (Å²) >= 11 is 0. The van der Waals surface area contributed by atoms with E-state index in [0.29, 0.717) is 0 Å². The lowest BCUT2D eigenvalue weighted by molar-refractivity contribution is 0.200. The van der Waals surface area contributed by atoms with Gasteiger partial charge in [0.1, 0.15) is 0 Å². The highest BCUT2D eigenvalue weighted by Crippen LogP contribution is 2.29. The van der Waals surface area contributed by atoms with Crippen LogP contribution in [0.5, 0.6) is 0 Å². The highest BCUT2D eigenvalue weighted by molar-refractivity contribution is 5.85. The molecule has 0 atom stereocenters. The van der Waals surface area contributed by atoms with Gasteiger partial charge in [-0.25, -0.2) is 0 Å². The van der Waals surface area contributed by atoms with E-state index >= 15 is 0 Å². The van der Waals surface area contributed by atoms with Gasteiger partial charge >= 0.3 is 0 Å². The smallest absolute Gasteiger partial charge is 0.0419 e. The van der Waals surface area contributed by atoms with Gasteiger partial charge in [0, 0.05) is 25.3 Å². The van der Waals surface area contributed by atoms with Gasteiger partial charge in [-0.15, -0.1) is 12.4 Å². The second kappa shape index (κ2) is 5.94. The zero-order valence-corrected chi connectivity index (χ0v) is 11.9. The van der Waals surface area contributed by atoms with Gasteiger partial charge in [-0.3, -0.25) is 0 Å². The van der Waals surface area contributed by atoms with Gasteiger partial charge in [-0.2, -0.15) is 0 Å². The molecule has 1 aromatic carbocycles.